The minimum Gasteiger partial charge on any atom is -0.497 e. The average Bonchev–Trinajstić information content (AvgIpc) is 2.47. The highest BCUT2D eigenvalue weighted by Crippen LogP contribution is 2.23. The quantitative estimate of drug-likeness (QED) is 0.666. The molecule has 0 amide bonds. The third-order valence-corrected chi connectivity index (χ3v) is 3.36. The standard InChI is InChI=1S/C18H16O/c1-19-18-10-9-16-8-7-15(12-17(16)13-18)11-14-5-3-2-4-6-14/h2-10,12-13H,11H2,1H3. The fourth-order valence-corrected chi connectivity index (χ4v) is 2.34. The van der Waals surface area contributed by atoms with Gasteiger partial charge in [-0.25, -0.2) is 0 Å². The fourth-order valence-electron chi connectivity index (χ4n) is 2.34. The van der Waals surface area contributed by atoms with Crippen molar-refractivity contribution in [2.75, 3.05) is 7.11 Å². The van der Waals surface area contributed by atoms with Crippen LogP contribution in [0.15, 0.2) is 66.7 Å². The van der Waals surface area contributed by atoms with Gasteiger partial charge in [0.15, 0.2) is 0 Å². The number of rotatable bonds is 3. The van der Waals surface area contributed by atoms with Gasteiger partial charge in [-0.15, -0.1) is 0 Å². The number of ether oxygens (including phenoxy) is 1. The highest BCUT2D eigenvalue weighted by Gasteiger charge is 2.00. The molecular weight excluding hydrogens is 232 g/mol. The van der Waals surface area contributed by atoms with E-state index >= 15 is 0 Å². The number of hydrogen-bond donors (Lipinski definition) is 0. The summed E-state index contributed by atoms with van der Waals surface area (Å²) in [5.74, 6) is 0.907. The summed E-state index contributed by atoms with van der Waals surface area (Å²) >= 11 is 0. The lowest BCUT2D eigenvalue weighted by Gasteiger charge is -2.06. The number of fused-ring (bicyclic) bond motifs is 1. The van der Waals surface area contributed by atoms with Gasteiger partial charge < -0.3 is 4.74 Å². The van der Waals surface area contributed by atoms with Crippen LogP contribution < -0.4 is 4.74 Å². The van der Waals surface area contributed by atoms with Crippen molar-refractivity contribution in [3.63, 3.8) is 0 Å². The predicted molar refractivity (Wildman–Crippen MR) is 79.7 cm³/mol. The summed E-state index contributed by atoms with van der Waals surface area (Å²) in [5, 5.41) is 2.48. The Morgan fingerprint density at radius 3 is 2.32 bits per heavy atom. The first-order valence-electron chi connectivity index (χ1n) is 6.46. The normalized spacial score (nSPS) is 10.6. The maximum absolute atomic E-state index is 5.28. The Morgan fingerprint density at radius 1 is 0.737 bits per heavy atom. The lowest BCUT2D eigenvalue weighted by Crippen LogP contribution is -1.88. The van der Waals surface area contributed by atoms with Crippen LogP contribution in [-0.2, 0) is 6.42 Å². The smallest absolute Gasteiger partial charge is 0.119 e. The van der Waals surface area contributed by atoms with Gasteiger partial charge in [0.25, 0.3) is 0 Å². The summed E-state index contributed by atoms with van der Waals surface area (Å²) in [6.07, 6.45) is 0.966. The zero-order chi connectivity index (χ0) is 13.1. The molecule has 0 bridgehead atoms. The van der Waals surface area contributed by atoms with E-state index in [1.165, 1.54) is 21.9 Å². The van der Waals surface area contributed by atoms with Gasteiger partial charge in [-0.05, 0) is 40.5 Å². The van der Waals surface area contributed by atoms with Crippen LogP contribution in [-0.4, -0.2) is 7.11 Å². The van der Waals surface area contributed by atoms with E-state index in [1.54, 1.807) is 7.11 Å². The van der Waals surface area contributed by atoms with Crippen LogP contribution in [0.4, 0.5) is 0 Å². The minimum atomic E-state index is 0.907. The SMILES string of the molecule is COc1ccc2ccc(Cc3ccccc3)cc2c1. The molecule has 1 nitrogen and oxygen atoms in total. The molecule has 1 heteroatoms. The van der Waals surface area contributed by atoms with Crippen molar-refractivity contribution >= 4 is 10.8 Å². The molecule has 0 spiro atoms. The third kappa shape index (κ3) is 2.60. The van der Waals surface area contributed by atoms with E-state index in [0.717, 1.165) is 12.2 Å². The van der Waals surface area contributed by atoms with Crippen molar-refractivity contribution in [1.29, 1.82) is 0 Å². The summed E-state index contributed by atoms with van der Waals surface area (Å²) in [7, 11) is 1.70. The molecular formula is C18H16O. The van der Waals surface area contributed by atoms with E-state index in [9.17, 15) is 0 Å². The maximum atomic E-state index is 5.28. The molecule has 94 valence electrons. The van der Waals surface area contributed by atoms with Gasteiger partial charge in [0.05, 0.1) is 7.11 Å². The second kappa shape index (κ2) is 5.15. The van der Waals surface area contributed by atoms with Gasteiger partial charge in [-0.1, -0.05) is 54.6 Å². The summed E-state index contributed by atoms with van der Waals surface area (Å²) in [6, 6.07) is 23.3. The molecule has 0 aromatic heterocycles. The molecule has 0 aliphatic carbocycles. The molecule has 0 N–H and O–H groups in total. The van der Waals surface area contributed by atoms with E-state index in [1.807, 2.05) is 6.07 Å². The van der Waals surface area contributed by atoms with E-state index in [-0.39, 0.29) is 0 Å². The molecule has 3 aromatic rings. The minimum absolute atomic E-state index is 0.907. The molecule has 0 saturated carbocycles. The summed E-state index contributed by atoms with van der Waals surface area (Å²) in [4.78, 5) is 0. The van der Waals surface area contributed by atoms with E-state index in [0.29, 0.717) is 0 Å². The monoisotopic (exact) mass is 248 g/mol. The van der Waals surface area contributed by atoms with Crippen molar-refractivity contribution < 1.29 is 4.74 Å². The second-order valence-corrected chi connectivity index (χ2v) is 4.71. The van der Waals surface area contributed by atoms with Gasteiger partial charge in [0, 0.05) is 0 Å². The molecule has 0 fully saturated rings. The topological polar surface area (TPSA) is 9.23 Å². The zero-order valence-electron chi connectivity index (χ0n) is 11.0. The highest BCUT2D eigenvalue weighted by atomic mass is 16.5. The summed E-state index contributed by atoms with van der Waals surface area (Å²) in [5.41, 5.74) is 2.66. The molecule has 0 atom stereocenters. The average molecular weight is 248 g/mol. The Hall–Kier alpha value is -2.28. The molecule has 0 heterocycles. The van der Waals surface area contributed by atoms with E-state index < -0.39 is 0 Å². The summed E-state index contributed by atoms with van der Waals surface area (Å²) < 4.78 is 5.28. The van der Waals surface area contributed by atoms with Crippen molar-refractivity contribution in [2.45, 2.75) is 6.42 Å². The molecule has 19 heavy (non-hydrogen) atoms. The van der Waals surface area contributed by atoms with Crippen molar-refractivity contribution in [1.82, 2.24) is 0 Å². The van der Waals surface area contributed by atoms with Gasteiger partial charge in [0.2, 0.25) is 0 Å². The first-order chi connectivity index (χ1) is 9.35. The Morgan fingerprint density at radius 2 is 1.53 bits per heavy atom. The zero-order valence-corrected chi connectivity index (χ0v) is 11.0. The molecule has 0 saturated heterocycles. The fraction of sp³-hybridized carbons (Fsp3) is 0.111. The van der Waals surface area contributed by atoms with Crippen molar-refractivity contribution in [3.05, 3.63) is 77.9 Å². The van der Waals surface area contributed by atoms with Crippen LogP contribution in [0, 0.1) is 0 Å². The number of methoxy groups -OCH3 is 1. The summed E-state index contributed by atoms with van der Waals surface area (Å²) in [6.45, 7) is 0. The van der Waals surface area contributed by atoms with Crippen molar-refractivity contribution in [3.8, 4) is 5.75 Å². The van der Waals surface area contributed by atoms with Gasteiger partial charge in [-0.2, -0.15) is 0 Å². The molecule has 0 unspecified atom stereocenters. The number of benzene rings is 3. The van der Waals surface area contributed by atoms with Crippen molar-refractivity contribution in [2.24, 2.45) is 0 Å². The lowest BCUT2D eigenvalue weighted by atomic mass is 10.0. The van der Waals surface area contributed by atoms with Crippen LogP contribution in [0.3, 0.4) is 0 Å². The molecule has 0 aliphatic heterocycles. The van der Waals surface area contributed by atoms with Crippen LogP contribution in [0.25, 0.3) is 10.8 Å². The first-order valence-corrected chi connectivity index (χ1v) is 6.46. The Bertz CT molecular complexity index is 686. The van der Waals surface area contributed by atoms with Gasteiger partial charge in [-0.3, -0.25) is 0 Å². The second-order valence-electron chi connectivity index (χ2n) is 4.71. The largest absolute Gasteiger partial charge is 0.497 e. The van der Waals surface area contributed by atoms with E-state index in [2.05, 4.69) is 60.7 Å². The lowest BCUT2D eigenvalue weighted by molar-refractivity contribution is 0.415. The predicted octanol–water partition coefficient (Wildman–Crippen LogP) is 4.44. The Kier molecular flexibility index (Phi) is 3.20. The van der Waals surface area contributed by atoms with E-state index in [4.69, 9.17) is 4.74 Å². The van der Waals surface area contributed by atoms with Gasteiger partial charge >= 0.3 is 0 Å². The Labute approximate surface area is 113 Å². The molecule has 3 aromatic carbocycles. The van der Waals surface area contributed by atoms with Crippen LogP contribution in [0.1, 0.15) is 11.1 Å². The van der Waals surface area contributed by atoms with Crippen LogP contribution >= 0.6 is 0 Å². The third-order valence-electron chi connectivity index (χ3n) is 3.36. The highest BCUT2D eigenvalue weighted by molar-refractivity contribution is 5.84. The van der Waals surface area contributed by atoms with Crippen LogP contribution in [0.2, 0.25) is 0 Å². The number of hydrogen-bond acceptors (Lipinski definition) is 1. The molecule has 0 radical (unpaired) electrons. The van der Waals surface area contributed by atoms with Crippen LogP contribution in [0.5, 0.6) is 5.75 Å². The molecule has 3 rings (SSSR count). The first kappa shape index (κ1) is 11.8. The van der Waals surface area contributed by atoms with Gasteiger partial charge in [0.1, 0.15) is 5.75 Å². The molecule has 0 aliphatic rings. The maximum Gasteiger partial charge on any atom is 0.119 e. The Balaban J connectivity index is 1.96.